The molecule has 0 amide bonds. The standard InChI is InChI=1S/C14H16N4/c1-9-2-3-10-11(7-16-12(10)6-9)13-8-17-14(18-13)4-5-15/h2-3,6-8,16H,4-5,15H2,1H3,(H,17,18). The van der Waals surface area contributed by atoms with Crippen molar-refractivity contribution in [2.45, 2.75) is 13.3 Å². The van der Waals surface area contributed by atoms with Crippen LogP contribution in [-0.4, -0.2) is 21.5 Å². The third-order valence-electron chi connectivity index (χ3n) is 3.14. The summed E-state index contributed by atoms with van der Waals surface area (Å²) in [5.41, 5.74) is 10.1. The van der Waals surface area contributed by atoms with Crippen LogP contribution in [0.25, 0.3) is 22.2 Å². The van der Waals surface area contributed by atoms with E-state index in [1.807, 2.05) is 12.4 Å². The van der Waals surface area contributed by atoms with E-state index in [-0.39, 0.29) is 0 Å². The van der Waals surface area contributed by atoms with Gasteiger partial charge in [-0.3, -0.25) is 0 Å². The number of H-pyrrole nitrogens is 2. The zero-order chi connectivity index (χ0) is 12.5. The molecule has 4 nitrogen and oxygen atoms in total. The minimum Gasteiger partial charge on any atom is -0.360 e. The first-order valence-electron chi connectivity index (χ1n) is 6.10. The third-order valence-corrected chi connectivity index (χ3v) is 3.14. The summed E-state index contributed by atoms with van der Waals surface area (Å²) < 4.78 is 0. The summed E-state index contributed by atoms with van der Waals surface area (Å²) in [6.45, 7) is 2.70. The molecule has 0 atom stereocenters. The topological polar surface area (TPSA) is 70.5 Å². The quantitative estimate of drug-likeness (QED) is 0.657. The second kappa shape index (κ2) is 4.31. The molecule has 0 aliphatic heterocycles. The van der Waals surface area contributed by atoms with Crippen molar-refractivity contribution in [1.29, 1.82) is 0 Å². The average molecular weight is 240 g/mol. The van der Waals surface area contributed by atoms with E-state index < -0.39 is 0 Å². The monoisotopic (exact) mass is 240 g/mol. The first-order valence-corrected chi connectivity index (χ1v) is 6.10. The number of nitrogens with zero attached hydrogens (tertiary/aromatic N) is 1. The van der Waals surface area contributed by atoms with Crippen LogP contribution in [0.5, 0.6) is 0 Å². The van der Waals surface area contributed by atoms with Crippen molar-refractivity contribution in [3.63, 3.8) is 0 Å². The van der Waals surface area contributed by atoms with Gasteiger partial charge in [-0.25, -0.2) is 4.98 Å². The molecule has 0 spiro atoms. The molecule has 2 heterocycles. The van der Waals surface area contributed by atoms with Gasteiger partial charge in [0.05, 0.1) is 11.9 Å². The lowest BCUT2D eigenvalue weighted by atomic mass is 10.1. The number of hydrogen-bond donors (Lipinski definition) is 3. The Morgan fingerprint density at radius 3 is 3.06 bits per heavy atom. The second-order valence-corrected chi connectivity index (χ2v) is 4.53. The molecule has 0 aliphatic carbocycles. The van der Waals surface area contributed by atoms with E-state index in [2.05, 4.69) is 40.1 Å². The summed E-state index contributed by atoms with van der Waals surface area (Å²) >= 11 is 0. The molecule has 0 unspecified atom stereocenters. The molecule has 18 heavy (non-hydrogen) atoms. The molecule has 4 heteroatoms. The maximum atomic E-state index is 5.53. The number of nitrogens with one attached hydrogen (secondary N) is 2. The predicted molar refractivity (Wildman–Crippen MR) is 73.4 cm³/mol. The van der Waals surface area contributed by atoms with Crippen LogP contribution in [0.1, 0.15) is 11.4 Å². The van der Waals surface area contributed by atoms with Crippen LogP contribution in [-0.2, 0) is 6.42 Å². The van der Waals surface area contributed by atoms with E-state index in [1.165, 1.54) is 10.9 Å². The number of aryl methyl sites for hydroxylation is 1. The molecule has 2 aromatic heterocycles. The van der Waals surface area contributed by atoms with Crippen molar-refractivity contribution >= 4 is 10.9 Å². The SMILES string of the molecule is Cc1ccc2c(-c3cnc(CCN)[nH]3)c[nH]c2c1. The molecule has 3 rings (SSSR count). The third kappa shape index (κ3) is 1.80. The molecule has 1 aromatic carbocycles. The molecule has 0 fully saturated rings. The van der Waals surface area contributed by atoms with Gasteiger partial charge in [0.2, 0.25) is 0 Å². The summed E-state index contributed by atoms with van der Waals surface area (Å²) in [5, 5.41) is 1.21. The minimum absolute atomic E-state index is 0.611. The fourth-order valence-corrected chi connectivity index (χ4v) is 2.23. The molecular weight excluding hydrogens is 224 g/mol. The van der Waals surface area contributed by atoms with Crippen LogP contribution in [0.2, 0.25) is 0 Å². The number of aromatic nitrogens is 3. The van der Waals surface area contributed by atoms with E-state index in [9.17, 15) is 0 Å². The van der Waals surface area contributed by atoms with Crippen molar-refractivity contribution < 1.29 is 0 Å². The van der Waals surface area contributed by atoms with Crippen LogP contribution < -0.4 is 5.73 Å². The van der Waals surface area contributed by atoms with E-state index in [0.717, 1.165) is 29.0 Å². The van der Waals surface area contributed by atoms with Gasteiger partial charge in [0.25, 0.3) is 0 Å². The number of hydrogen-bond acceptors (Lipinski definition) is 2. The normalized spacial score (nSPS) is 11.2. The largest absolute Gasteiger partial charge is 0.360 e. The zero-order valence-corrected chi connectivity index (χ0v) is 10.3. The van der Waals surface area contributed by atoms with Gasteiger partial charge in [0.15, 0.2) is 0 Å². The molecule has 0 bridgehead atoms. The van der Waals surface area contributed by atoms with Crippen molar-refractivity contribution in [3.05, 3.63) is 42.0 Å². The number of rotatable bonds is 3. The smallest absolute Gasteiger partial charge is 0.107 e. The summed E-state index contributed by atoms with van der Waals surface area (Å²) in [7, 11) is 0. The van der Waals surface area contributed by atoms with E-state index in [4.69, 9.17) is 5.73 Å². The Morgan fingerprint density at radius 1 is 1.33 bits per heavy atom. The van der Waals surface area contributed by atoms with Crippen LogP contribution in [0, 0.1) is 6.92 Å². The van der Waals surface area contributed by atoms with Gasteiger partial charge in [-0.2, -0.15) is 0 Å². The Morgan fingerprint density at radius 2 is 2.22 bits per heavy atom. The van der Waals surface area contributed by atoms with E-state index in [1.54, 1.807) is 0 Å². The highest BCUT2D eigenvalue weighted by molar-refractivity contribution is 5.94. The Labute approximate surface area is 105 Å². The number of benzene rings is 1. The highest BCUT2D eigenvalue weighted by Gasteiger charge is 2.08. The van der Waals surface area contributed by atoms with Gasteiger partial charge in [-0.05, 0) is 25.1 Å². The Balaban J connectivity index is 2.07. The fraction of sp³-hybridized carbons (Fsp3) is 0.214. The van der Waals surface area contributed by atoms with Crippen molar-refractivity contribution in [3.8, 4) is 11.3 Å². The van der Waals surface area contributed by atoms with Crippen LogP contribution >= 0.6 is 0 Å². The van der Waals surface area contributed by atoms with Crippen molar-refractivity contribution in [1.82, 2.24) is 15.0 Å². The highest BCUT2D eigenvalue weighted by atomic mass is 14.9. The minimum atomic E-state index is 0.611. The average Bonchev–Trinajstić information content (AvgIpc) is 2.95. The van der Waals surface area contributed by atoms with Gasteiger partial charge in [0.1, 0.15) is 5.82 Å². The number of aromatic amines is 2. The first-order chi connectivity index (χ1) is 8.78. The second-order valence-electron chi connectivity index (χ2n) is 4.53. The van der Waals surface area contributed by atoms with E-state index in [0.29, 0.717) is 6.54 Å². The lowest BCUT2D eigenvalue weighted by Gasteiger charge is -1.97. The Bertz CT molecular complexity index is 678. The van der Waals surface area contributed by atoms with Crippen LogP contribution in [0.3, 0.4) is 0 Å². The van der Waals surface area contributed by atoms with Gasteiger partial charge >= 0.3 is 0 Å². The molecule has 0 aliphatic rings. The van der Waals surface area contributed by atoms with Crippen molar-refractivity contribution in [2.24, 2.45) is 5.73 Å². The molecule has 0 radical (unpaired) electrons. The van der Waals surface area contributed by atoms with Gasteiger partial charge in [-0.1, -0.05) is 12.1 Å². The number of nitrogens with two attached hydrogens (primary N) is 1. The van der Waals surface area contributed by atoms with Gasteiger partial charge in [-0.15, -0.1) is 0 Å². The molecule has 92 valence electrons. The summed E-state index contributed by atoms with van der Waals surface area (Å²) in [5.74, 6) is 0.939. The predicted octanol–water partition coefficient (Wildman–Crippen LogP) is 2.37. The molecular formula is C14H16N4. The molecule has 0 saturated carbocycles. The maximum absolute atomic E-state index is 5.53. The molecule has 0 saturated heterocycles. The maximum Gasteiger partial charge on any atom is 0.107 e. The number of fused-ring (bicyclic) bond motifs is 1. The molecule has 3 aromatic rings. The van der Waals surface area contributed by atoms with Crippen molar-refractivity contribution in [2.75, 3.05) is 6.54 Å². The Kier molecular flexibility index (Phi) is 2.64. The summed E-state index contributed by atoms with van der Waals surface area (Å²) in [6, 6.07) is 6.41. The lowest BCUT2D eigenvalue weighted by Crippen LogP contribution is -2.03. The lowest BCUT2D eigenvalue weighted by molar-refractivity contribution is 0.895. The Hall–Kier alpha value is -2.07. The summed E-state index contributed by atoms with van der Waals surface area (Å²) in [4.78, 5) is 10.9. The first kappa shape index (κ1) is 11.0. The van der Waals surface area contributed by atoms with Gasteiger partial charge < -0.3 is 15.7 Å². The fourth-order valence-electron chi connectivity index (χ4n) is 2.23. The van der Waals surface area contributed by atoms with E-state index >= 15 is 0 Å². The van der Waals surface area contributed by atoms with Crippen LogP contribution in [0.15, 0.2) is 30.6 Å². The zero-order valence-electron chi connectivity index (χ0n) is 10.3. The highest BCUT2D eigenvalue weighted by Crippen LogP contribution is 2.27. The number of imidazole rings is 1. The summed E-state index contributed by atoms with van der Waals surface area (Å²) in [6.07, 6.45) is 4.67. The van der Waals surface area contributed by atoms with Gasteiger partial charge in [0, 0.05) is 29.1 Å². The molecule has 4 N–H and O–H groups in total. The van der Waals surface area contributed by atoms with Crippen LogP contribution in [0.4, 0.5) is 0 Å².